The average Bonchev–Trinajstić information content (AvgIpc) is 2.88. The quantitative estimate of drug-likeness (QED) is 0.313. The fraction of sp³-hybridized carbons (Fsp3) is 0.810. The molecule has 2 rings (SSSR count). The summed E-state index contributed by atoms with van der Waals surface area (Å²) in [5.41, 5.74) is 3.68. The van der Waals surface area contributed by atoms with Crippen molar-refractivity contribution >= 4 is 29.9 Å². The first kappa shape index (κ1) is 26.2. The van der Waals surface area contributed by atoms with Crippen LogP contribution in [0, 0.1) is 19.8 Å². The van der Waals surface area contributed by atoms with Crippen molar-refractivity contribution in [1.29, 1.82) is 0 Å². The first-order valence-electron chi connectivity index (χ1n) is 10.7. The number of hydrogen-bond donors (Lipinski definition) is 2. The van der Waals surface area contributed by atoms with Gasteiger partial charge in [0.25, 0.3) is 0 Å². The van der Waals surface area contributed by atoms with Crippen LogP contribution in [0.3, 0.4) is 0 Å². The van der Waals surface area contributed by atoms with Gasteiger partial charge in [0.05, 0.1) is 25.5 Å². The van der Waals surface area contributed by atoms with E-state index in [1.165, 1.54) is 11.3 Å². The van der Waals surface area contributed by atoms with E-state index in [0.717, 1.165) is 57.5 Å². The van der Waals surface area contributed by atoms with E-state index in [0.29, 0.717) is 12.0 Å². The van der Waals surface area contributed by atoms with E-state index < -0.39 is 0 Å². The molecular weight excluding hydrogens is 479 g/mol. The largest absolute Gasteiger partial charge is 0.379 e. The Kier molecular flexibility index (Phi) is 11.5. The van der Waals surface area contributed by atoms with Gasteiger partial charge in [0.2, 0.25) is 0 Å². The minimum Gasteiger partial charge on any atom is -0.379 e. The number of aromatic nitrogens is 2. The molecule has 1 aromatic rings. The Morgan fingerprint density at radius 2 is 1.86 bits per heavy atom. The maximum atomic E-state index is 5.51. The third-order valence-electron chi connectivity index (χ3n) is 5.62. The Balaban J connectivity index is 0.00000420. The van der Waals surface area contributed by atoms with E-state index in [4.69, 9.17) is 9.73 Å². The van der Waals surface area contributed by atoms with Gasteiger partial charge in [-0.15, -0.1) is 24.0 Å². The molecule has 0 saturated carbocycles. The van der Waals surface area contributed by atoms with Crippen molar-refractivity contribution in [3.05, 3.63) is 17.0 Å². The normalized spacial score (nSPS) is 17.7. The molecule has 0 bridgehead atoms. The monoisotopic (exact) mass is 520 g/mol. The first-order chi connectivity index (χ1) is 13.3. The number of rotatable bonds is 8. The van der Waals surface area contributed by atoms with Crippen LogP contribution in [0.4, 0.5) is 0 Å². The molecule has 1 aliphatic rings. The zero-order chi connectivity index (χ0) is 20.7. The molecule has 2 N–H and O–H groups in total. The van der Waals surface area contributed by atoms with Crippen LogP contribution < -0.4 is 10.6 Å². The van der Waals surface area contributed by atoms with Gasteiger partial charge in [-0.25, -0.2) is 0 Å². The molecule has 0 radical (unpaired) electrons. The van der Waals surface area contributed by atoms with Gasteiger partial charge in [-0.05, 0) is 45.6 Å². The SMILES string of the molecule is CCNC(=NCC(C(C)C)N1CCOCC1)NC(C)Cc1c(C)nn(C)c1C.I. The van der Waals surface area contributed by atoms with Crippen LogP contribution in [-0.4, -0.2) is 72.1 Å². The summed E-state index contributed by atoms with van der Waals surface area (Å²) in [6.07, 6.45) is 0.937. The minimum atomic E-state index is 0. The second-order valence-corrected chi connectivity index (χ2v) is 8.20. The Bertz CT molecular complexity index is 639. The molecule has 0 aliphatic carbocycles. The summed E-state index contributed by atoms with van der Waals surface area (Å²) in [7, 11) is 2.01. The van der Waals surface area contributed by atoms with Crippen molar-refractivity contribution in [2.45, 2.75) is 60.0 Å². The van der Waals surface area contributed by atoms with E-state index >= 15 is 0 Å². The van der Waals surface area contributed by atoms with Crippen molar-refractivity contribution < 1.29 is 4.74 Å². The lowest BCUT2D eigenvalue weighted by molar-refractivity contribution is 0.00867. The first-order valence-corrected chi connectivity index (χ1v) is 10.7. The van der Waals surface area contributed by atoms with Crippen molar-refractivity contribution in [2.75, 3.05) is 39.4 Å². The molecule has 2 atom stereocenters. The lowest BCUT2D eigenvalue weighted by atomic mass is 10.0. The van der Waals surface area contributed by atoms with Gasteiger partial charge < -0.3 is 15.4 Å². The van der Waals surface area contributed by atoms with E-state index in [1.807, 2.05) is 11.7 Å². The van der Waals surface area contributed by atoms with Gasteiger partial charge in [0.1, 0.15) is 0 Å². The highest BCUT2D eigenvalue weighted by atomic mass is 127. The molecule has 0 amide bonds. The predicted molar refractivity (Wildman–Crippen MR) is 131 cm³/mol. The van der Waals surface area contributed by atoms with Gasteiger partial charge >= 0.3 is 0 Å². The van der Waals surface area contributed by atoms with Crippen molar-refractivity contribution in [1.82, 2.24) is 25.3 Å². The Hall–Kier alpha value is -0.870. The molecule has 2 heterocycles. The second kappa shape index (κ2) is 12.7. The number of nitrogens with one attached hydrogen (secondary N) is 2. The van der Waals surface area contributed by atoms with Crippen LogP contribution in [0.25, 0.3) is 0 Å². The molecule has 1 saturated heterocycles. The average molecular weight is 521 g/mol. The zero-order valence-electron chi connectivity index (χ0n) is 19.3. The maximum Gasteiger partial charge on any atom is 0.191 e. The molecule has 8 heteroatoms. The van der Waals surface area contributed by atoms with Gasteiger partial charge in [0, 0.05) is 44.5 Å². The summed E-state index contributed by atoms with van der Waals surface area (Å²) in [5, 5.41) is 11.5. The van der Waals surface area contributed by atoms with Crippen LogP contribution in [0.5, 0.6) is 0 Å². The number of aliphatic imine (C=N–C) groups is 1. The summed E-state index contributed by atoms with van der Waals surface area (Å²) in [6.45, 7) is 18.4. The van der Waals surface area contributed by atoms with Crippen LogP contribution in [0.1, 0.15) is 44.6 Å². The van der Waals surface area contributed by atoms with E-state index in [-0.39, 0.29) is 30.0 Å². The van der Waals surface area contributed by atoms with Gasteiger partial charge in [0.15, 0.2) is 5.96 Å². The Morgan fingerprint density at radius 1 is 1.21 bits per heavy atom. The number of hydrogen-bond acceptors (Lipinski definition) is 4. The molecule has 1 fully saturated rings. The Labute approximate surface area is 194 Å². The molecule has 29 heavy (non-hydrogen) atoms. The molecule has 0 aromatic carbocycles. The lowest BCUT2D eigenvalue weighted by Crippen LogP contribution is -2.48. The van der Waals surface area contributed by atoms with Crippen molar-refractivity contribution in [2.24, 2.45) is 18.0 Å². The number of morpholine rings is 1. The summed E-state index contributed by atoms with van der Waals surface area (Å²) in [4.78, 5) is 7.45. The maximum absolute atomic E-state index is 5.51. The molecule has 168 valence electrons. The molecule has 1 aliphatic heterocycles. The number of aryl methyl sites for hydroxylation is 2. The topological polar surface area (TPSA) is 66.7 Å². The van der Waals surface area contributed by atoms with E-state index in [1.54, 1.807) is 0 Å². The van der Waals surface area contributed by atoms with Gasteiger partial charge in [-0.3, -0.25) is 14.6 Å². The van der Waals surface area contributed by atoms with Crippen LogP contribution >= 0.6 is 24.0 Å². The number of ether oxygens (including phenoxy) is 1. The van der Waals surface area contributed by atoms with Gasteiger partial charge in [-0.1, -0.05) is 13.8 Å². The van der Waals surface area contributed by atoms with E-state index in [9.17, 15) is 0 Å². The fourth-order valence-electron chi connectivity index (χ4n) is 3.87. The van der Waals surface area contributed by atoms with Crippen LogP contribution in [-0.2, 0) is 18.2 Å². The zero-order valence-corrected chi connectivity index (χ0v) is 21.6. The molecule has 2 unspecified atom stereocenters. The second-order valence-electron chi connectivity index (χ2n) is 8.20. The standard InChI is InChI=1S/C21H40N6O.HI/c1-8-22-21(23-14-20(15(2)3)27-9-11-28-12-10-27)24-16(4)13-19-17(5)25-26(7)18(19)6;/h15-16,20H,8-14H2,1-7H3,(H2,22,23,24);1H. The lowest BCUT2D eigenvalue weighted by Gasteiger charge is -2.36. The van der Waals surface area contributed by atoms with Crippen LogP contribution in [0.15, 0.2) is 4.99 Å². The third-order valence-corrected chi connectivity index (χ3v) is 5.62. The van der Waals surface area contributed by atoms with Gasteiger partial charge in [-0.2, -0.15) is 5.10 Å². The molecular formula is C21H41IN6O. The summed E-state index contributed by atoms with van der Waals surface area (Å²) >= 11 is 0. The molecule has 7 nitrogen and oxygen atoms in total. The summed E-state index contributed by atoms with van der Waals surface area (Å²) in [5.74, 6) is 1.45. The fourth-order valence-corrected chi connectivity index (χ4v) is 3.87. The molecule has 1 aromatic heterocycles. The number of guanidine groups is 1. The van der Waals surface area contributed by atoms with E-state index in [2.05, 4.69) is 62.2 Å². The third kappa shape index (κ3) is 7.71. The number of halogens is 1. The highest BCUT2D eigenvalue weighted by Crippen LogP contribution is 2.15. The summed E-state index contributed by atoms with van der Waals surface area (Å²) in [6, 6.07) is 0.720. The smallest absolute Gasteiger partial charge is 0.191 e. The van der Waals surface area contributed by atoms with Crippen molar-refractivity contribution in [3.63, 3.8) is 0 Å². The highest BCUT2D eigenvalue weighted by Gasteiger charge is 2.23. The highest BCUT2D eigenvalue weighted by molar-refractivity contribution is 14.0. The van der Waals surface area contributed by atoms with Crippen LogP contribution in [0.2, 0.25) is 0 Å². The number of nitrogens with zero attached hydrogens (tertiary/aromatic N) is 4. The Morgan fingerprint density at radius 3 is 2.38 bits per heavy atom. The predicted octanol–water partition coefficient (Wildman–Crippen LogP) is 2.50. The minimum absolute atomic E-state index is 0. The van der Waals surface area contributed by atoms with Crippen molar-refractivity contribution in [3.8, 4) is 0 Å². The molecule has 0 spiro atoms. The summed E-state index contributed by atoms with van der Waals surface area (Å²) < 4.78 is 7.48.